The van der Waals surface area contributed by atoms with Gasteiger partial charge in [0.25, 0.3) is 5.91 Å². The number of carbonyl (C=O) groups is 1. The Morgan fingerprint density at radius 1 is 0.826 bits per heavy atom. The van der Waals surface area contributed by atoms with Gasteiger partial charge in [-0.3, -0.25) is 4.79 Å². The Bertz CT molecular complexity index is 727. The van der Waals surface area contributed by atoms with Gasteiger partial charge in [-0.2, -0.15) is 0 Å². The molecule has 2 rings (SSSR count). The highest BCUT2D eigenvalue weighted by Crippen LogP contribution is 2.24. The van der Waals surface area contributed by atoms with Crippen molar-refractivity contribution in [1.29, 1.82) is 0 Å². The molecule has 7 heteroatoms. The molecule has 0 aliphatic carbocycles. The first-order valence-corrected chi connectivity index (χ1v) is 6.66. The Kier molecular flexibility index (Phi) is 4.68. The van der Waals surface area contributed by atoms with Gasteiger partial charge in [0.1, 0.15) is 5.56 Å². The lowest BCUT2D eigenvalue weighted by Crippen LogP contribution is -2.19. The van der Waals surface area contributed by atoms with Crippen LogP contribution in [0.5, 0.6) is 0 Å². The van der Waals surface area contributed by atoms with Gasteiger partial charge in [0.2, 0.25) is 5.82 Å². The third kappa shape index (κ3) is 3.18. The molecule has 0 aliphatic heterocycles. The molecule has 0 aliphatic rings. The van der Waals surface area contributed by atoms with E-state index in [0.29, 0.717) is 0 Å². The van der Waals surface area contributed by atoms with Crippen LogP contribution in [0.1, 0.15) is 35.7 Å². The van der Waals surface area contributed by atoms with Crippen molar-refractivity contribution < 1.29 is 26.7 Å². The topological polar surface area (TPSA) is 29.1 Å². The minimum Gasteiger partial charge on any atom is -0.322 e. The van der Waals surface area contributed by atoms with E-state index in [2.05, 4.69) is 5.32 Å². The summed E-state index contributed by atoms with van der Waals surface area (Å²) in [6.45, 7) is 3.89. The van der Waals surface area contributed by atoms with E-state index < -0.39 is 40.6 Å². The Morgan fingerprint density at radius 2 is 1.26 bits per heavy atom. The molecule has 0 saturated carbocycles. The molecule has 2 aromatic carbocycles. The van der Waals surface area contributed by atoms with E-state index >= 15 is 0 Å². The largest absolute Gasteiger partial charge is 0.322 e. The molecule has 1 amide bonds. The molecule has 0 aromatic heterocycles. The minimum absolute atomic E-state index is 0.170. The Balaban J connectivity index is 2.35. The SMILES string of the molecule is CC(C)c1ccc(NC(=O)c2c(F)c(F)c(F)c(F)c2F)cc1. The van der Waals surface area contributed by atoms with Gasteiger partial charge in [-0.05, 0) is 23.6 Å². The van der Waals surface area contributed by atoms with E-state index in [1.54, 1.807) is 12.1 Å². The molecule has 0 fully saturated rings. The molecule has 0 unspecified atom stereocenters. The van der Waals surface area contributed by atoms with Gasteiger partial charge in [-0.25, -0.2) is 22.0 Å². The van der Waals surface area contributed by atoms with Crippen molar-refractivity contribution in [2.75, 3.05) is 5.32 Å². The highest BCUT2D eigenvalue weighted by molar-refractivity contribution is 6.04. The number of hydrogen-bond donors (Lipinski definition) is 1. The van der Waals surface area contributed by atoms with Crippen LogP contribution >= 0.6 is 0 Å². The molecule has 23 heavy (non-hydrogen) atoms. The fourth-order valence-electron chi connectivity index (χ4n) is 1.95. The summed E-state index contributed by atoms with van der Waals surface area (Å²) in [5.74, 6) is -12.2. The average molecular weight is 329 g/mol. The van der Waals surface area contributed by atoms with Crippen molar-refractivity contribution in [3.05, 3.63) is 64.5 Å². The van der Waals surface area contributed by atoms with Crippen molar-refractivity contribution in [3.8, 4) is 0 Å². The van der Waals surface area contributed by atoms with Crippen LogP contribution in [0, 0.1) is 29.1 Å². The van der Waals surface area contributed by atoms with Crippen molar-refractivity contribution >= 4 is 11.6 Å². The summed E-state index contributed by atoms with van der Waals surface area (Å²) in [6.07, 6.45) is 0. The maximum absolute atomic E-state index is 13.5. The summed E-state index contributed by atoms with van der Waals surface area (Å²) >= 11 is 0. The van der Waals surface area contributed by atoms with Crippen molar-refractivity contribution in [2.24, 2.45) is 0 Å². The summed E-state index contributed by atoms with van der Waals surface area (Å²) in [5.41, 5.74) is -0.392. The van der Waals surface area contributed by atoms with Gasteiger partial charge < -0.3 is 5.32 Å². The van der Waals surface area contributed by atoms with Crippen LogP contribution in [0.4, 0.5) is 27.6 Å². The molecule has 0 heterocycles. The first-order chi connectivity index (χ1) is 10.7. The van der Waals surface area contributed by atoms with Gasteiger partial charge in [0.05, 0.1) is 0 Å². The molecule has 0 spiro atoms. The lowest BCUT2D eigenvalue weighted by atomic mass is 10.0. The first kappa shape index (κ1) is 16.9. The molecule has 0 saturated heterocycles. The van der Waals surface area contributed by atoms with Crippen LogP contribution in [0.3, 0.4) is 0 Å². The number of amides is 1. The van der Waals surface area contributed by atoms with E-state index in [0.717, 1.165) is 5.56 Å². The van der Waals surface area contributed by atoms with Gasteiger partial charge in [0, 0.05) is 5.69 Å². The normalized spacial score (nSPS) is 11.0. The lowest BCUT2D eigenvalue weighted by Gasteiger charge is -2.10. The van der Waals surface area contributed by atoms with E-state index in [-0.39, 0.29) is 11.6 Å². The second-order valence-corrected chi connectivity index (χ2v) is 5.18. The van der Waals surface area contributed by atoms with Crippen molar-refractivity contribution in [1.82, 2.24) is 0 Å². The van der Waals surface area contributed by atoms with Crippen LogP contribution in [0.2, 0.25) is 0 Å². The van der Waals surface area contributed by atoms with Crippen LogP contribution in [0.15, 0.2) is 24.3 Å². The van der Waals surface area contributed by atoms with E-state index in [4.69, 9.17) is 0 Å². The fraction of sp³-hybridized carbons (Fsp3) is 0.188. The monoisotopic (exact) mass is 329 g/mol. The van der Waals surface area contributed by atoms with Gasteiger partial charge in [-0.1, -0.05) is 26.0 Å². The molecule has 122 valence electrons. The summed E-state index contributed by atoms with van der Waals surface area (Å²) in [7, 11) is 0. The standard InChI is InChI=1S/C16H12F5NO/c1-7(2)8-3-5-9(6-4-8)22-16(23)10-11(17)13(19)15(21)14(20)12(10)18/h3-7H,1-2H3,(H,22,23). The Labute approximate surface area is 128 Å². The summed E-state index contributed by atoms with van der Waals surface area (Å²) in [5, 5.41) is 2.11. The number of benzene rings is 2. The van der Waals surface area contributed by atoms with Gasteiger partial charge in [-0.15, -0.1) is 0 Å². The summed E-state index contributed by atoms with van der Waals surface area (Å²) in [6, 6.07) is 6.30. The quantitative estimate of drug-likeness (QED) is 0.491. The number of anilines is 1. The average Bonchev–Trinajstić information content (AvgIpc) is 2.51. The number of carbonyl (C=O) groups excluding carboxylic acids is 1. The third-order valence-corrected chi connectivity index (χ3v) is 3.27. The minimum atomic E-state index is -2.31. The maximum atomic E-state index is 13.5. The number of nitrogens with one attached hydrogen (secondary N) is 1. The number of rotatable bonds is 3. The molecule has 2 aromatic rings. The molecular weight excluding hydrogens is 317 g/mol. The van der Waals surface area contributed by atoms with Gasteiger partial charge in [0.15, 0.2) is 23.3 Å². The lowest BCUT2D eigenvalue weighted by molar-refractivity contribution is 0.101. The molecule has 0 radical (unpaired) electrons. The van der Waals surface area contributed by atoms with E-state index in [1.165, 1.54) is 12.1 Å². The zero-order chi connectivity index (χ0) is 17.3. The zero-order valence-electron chi connectivity index (χ0n) is 12.2. The summed E-state index contributed by atoms with van der Waals surface area (Å²) in [4.78, 5) is 11.8. The van der Waals surface area contributed by atoms with Crippen molar-refractivity contribution in [3.63, 3.8) is 0 Å². The highest BCUT2D eigenvalue weighted by Gasteiger charge is 2.29. The predicted molar refractivity (Wildman–Crippen MR) is 74.7 cm³/mol. The van der Waals surface area contributed by atoms with Crippen LogP contribution < -0.4 is 5.32 Å². The Morgan fingerprint density at radius 3 is 1.70 bits per heavy atom. The molecule has 1 N–H and O–H groups in total. The molecule has 0 atom stereocenters. The smallest absolute Gasteiger partial charge is 0.261 e. The fourth-order valence-corrected chi connectivity index (χ4v) is 1.95. The van der Waals surface area contributed by atoms with Crippen molar-refractivity contribution in [2.45, 2.75) is 19.8 Å². The third-order valence-electron chi connectivity index (χ3n) is 3.27. The summed E-state index contributed by atoms with van der Waals surface area (Å²) < 4.78 is 66.2. The number of halogens is 5. The van der Waals surface area contributed by atoms with Crippen LogP contribution in [-0.2, 0) is 0 Å². The molecule has 2 nitrogen and oxygen atoms in total. The van der Waals surface area contributed by atoms with E-state index in [9.17, 15) is 26.7 Å². The molecule has 0 bridgehead atoms. The zero-order valence-corrected chi connectivity index (χ0v) is 12.2. The van der Waals surface area contributed by atoms with Crippen LogP contribution in [-0.4, -0.2) is 5.91 Å². The maximum Gasteiger partial charge on any atom is 0.261 e. The predicted octanol–water partition coefficient (Wildman–Crippen LogP) is 4.76. The van der Waals surface area contributed by atoms with Crippen LogP contribution in [0.25, 0.3) is 0 Å². The van der Waals surface area contributed by atoms with E-state index in [1.807, 2.05) is 13.8 Å². The molecular formula is C16H12F5NO. The first-order valence-electron chi connectivity index (χ1n) is 6.66. The number of hydrogen-bond acceptors (Lipinski definition) is 1. The highest BCUT2D eigenvalue weighted by atomic mass is 19.2. The second kappa shape index (κ2) is 6.36. The second-order valence-electron chi connectivity index (χ2n) is 5.18. The Hall–Kier alpha value is -2.44. The van der Waals surface area contributed by atoms with Gasteiger partial charge >= 0.3 is 0 Å².